The zero-order valence-corrected chi connectivity index (χ0v) is 19.6. The van der Waals surface area contributed by atoms with Crippen LogP contribution in [0.1, 0.15) is 29.8 Å². The second-order valence-electron chi connectivity index (χ2n) is 8.60. The van der Waals surface area contributed by atoms with Crippen molar-refractivity contribution in [1.29, 1.82) is 0 Å². The highest BCUT2D eigenvalue weighted by Crippen LogP contribution is 2.35. The lowest BCUT2D eigenvalue weighted by Gasteiger charge is -2.36. The molecule has 3 aromatic rings. The lowest BCUT2D eigenvalue weighted by atomic mass is 10.1. The van der Waals surface area contributed by atoms with E-state index in [1.165, 1.54) is 0 Å². The lowest BCUT2D eigenvalue weighted by molar-refractivity contribution is -0.129. The van der Waals surface area contributed by atoms with Crippen LogP contribution < -0.4 is 15.2 Å². The maximum Gasteiger partial charge on any atom is 0.345 e. The van der Waals surface area contributed by atoms with Crippen LogP contribution in [-0.4, -0.2) is 66.2 Å². The highest BCUT2D eigenvalue weighted by atomic mass is 16.5. The number of anilines is 2. The Kier molecular flexibility index (Phi) is 5.47. The molecule has 0 N–H and O–H groups in total. The van der Waals surface area contributed by atoms with E-state index in [4.69, 9.17) is 9.72 Å². The van der Waals surface area contributed by atoms with Crippen molar-refractivity contribution >= 4 is 34.5 Å². The Morgan fingerprint density at radius 2 is 1.79 bits per heavy atom. The van der Waals surface area contributed by atoms with Crippen molar-refractivity contribution in [1.82, 2.24) is 14.5 Å². The van der Waals surface area contributed by atoms with Gasteiger partial charge < -0.3 is 19.4 Å². The molecule has 9 nitrogen and oxygen atoms in total. The van der Waals surface area contributed by atoms with Gasteiger partial charge in [-0.1, -0.05) is 18.2 Å². The molecule has 34 heavy (non-hydrogen) atoms. The fraction of sp³-hybridized carbons (Fsp3) is 0.360. The summed E-state index contributed by atoms with van der Waals surface area (Å²) >= 11 is 0. The van der Waals surface area contributed by atoms with Crippen molar-refractivity contribution < 1.29 is 14.3 Å². The van der Waals surface area contributed by atoms with Crippen LogP contribution in [0.3, 0.4) is 0 Å². The first-order valence-corrected chi connectivity index (χ1v) is 11.5. The molecule has 0 spiro atoms. The summed E-state index contributed by atoms with van der Waals surface area (Å²) in [5.74, 6) is 0.659. The summed E-state index contributed by atoms with van der Waals surface area (Å²) in [6.45, 7) is 6.61. The van der Waals surface area contributed by atoms with E-state index < -0.39 is 5.97 Å². The monoisotopic (exact) mass is 461 g/mol. The molecule has 0 unspecified atom stereocenters. The van der Waals surface area contributed by atoms with Crippen LogP contribution in [0.15, 0.2) is 41.2 Å². The number of fused-ring (bicyclic) bond motifs is 5. The van der Waals surface area contributed by atoms with Crippen LogP contribution in [0.2, 0.25) is 0 Å². The molecule has 1 saturated heterocycles. The third kappa shape index (κ3) is 3.48. The Labute approximate surface area is 197 Å². The number of esters is 1. The molecule has 1 aromatic carbocycles. The van der Waals surface area contributed by atoms with E-state index in [-0.39, 0.29) is 23.5 Å². The number of ether oxygens (including phenoxy) is 1. The number of carbonyl (C=O) groups is 2. The van der Waals surface area contributed by atoms with E-state index in [1.54, 1.807) is 19.9 Å². The van der Waals surface area contributed by atoms with Gasteiger partial charge in [-0.25, -0.2) is 9.78 Å². The van der Waals surface area contributed by atoms with Crippen LogP contribution in [-0.2, 0) is 16.1 Å². The Hall–Kier alpha value is -3.88. The number of rotatable bonds is 3. The first kappa shape index (κ1) is 21.9. The van der Waals surface area contributed by atoms with E-state index >= 15 is 0 Å². The molecule has 2 aliphatic rings. The van der Waals surface area contributed by atoms with Gasteiger partial charge in [-0.15, -0.1) is 0 Å². The van der Waals surface area contributed by atoms with Gasteiger partial charge in [0.15, 0.2) is 5.65 Å². The van der Waals surface area contributed by atoms with Crippen LogP contribution in [0.5, 0.6) is 0 Å². The van der Waals surface area contributed by atoms with Crippen molar-refractivity contribution in [3.8, 4) is 5.69 Å². The Morgan fingerprint density at radius 3 is 2.50 bits per heavy atom. The number of piperazine rings is 1. The second-order valence-corrected chi connectivity index (χ2v) is 8.60. The Balaban J connectivity index is 1.73. The van der Waals surface area contributed by atoms with E-state index in [0.717, 1.165) is 17.1 Å². The molecule has 9 heteroatoms. The quantitative estimate of drug-likeness (QED) is 0.553. The number of carbonyl (C=O) groups excluding carboxylic acids is 2. The van der Waals surface area contributed by atoms with E-state index in [9.17, 15) is 14.4 Å². The van der Waals surface area contributed by atoms with Crippen LogP contribution >= 0.6 is 0 Å². The summed E-state index contributed by atoms with van der Waals surface area (Å²) in [6, 6.07) is 11.5. The summed E-state index contributed by atoms with van der Waals surface area (Å²) in [5, 5.41) is 0.364. The first-order valence-electron chi connectivity index (χ1n) is 11.5. The van der Waals surface area contributed by atoms with Crippen LogP contribution in [0.4, 0.5) is 11.6 Å². The average molecular weight is 462 g/mol. The van der Waals surface area contributed by atoms with Gasteiger partial charge in [-0.05, 0) is 30.7 Å². The predicted molar refractivity (Wildman–Crippen MR) is 130 cm³/mol. The summed E-state index contributed by atoms with van der Waals surface area (Å²) in [5.41, 5.74) is 2.10. The number of nitrogens with zero attached hydrogens (tertiary/aromatic N) is 5. The highest BCUT2D eigenvalue weighted by molar-refractivity contribution is 6.00. The molecule has 2 aliphatic heterocycles. The van der Waals surface area contributed by atoms with Gasteiger partial charge in [0.1, 0.15) is 17.2 Å². The van der Waals surface area contributed by atoms with Gasteiger partial charge in [0.25, 0.3) is 0 Å². The minimum atomic E-state index is -0.631. The van der Waals surface area contributed by atoms with E-state index in [2.05, 4.69) is 4.90 Å². The number of amides is 1. The zero-order valence-electron chi connectivity index (χ0n) is 19.6. The minimum Gasteiger partial charge on any atom is -0.462 e. The van der Waals surface area contributed by atoms with Gasteiger partial charge in [-0.3, -0.25) is 14.2 Å². The van der Waals surface area contributed by atoms with Gasteiger partial charge >= 0.3 is 5.97 Å². The summed E-state index contributed by atoms with van der Waals surface area (Å²) in [7, 11) is 1.86. The van der Waals surface area contributed by atoms with Crippen LogP contribution in [0.25, 0.3) is 16.7 Å². The van der Waals surface area contributed by atoms with Crippen molar-refractivity contribution in [2.24, 2.45) is 0 Å². The summed E-state index contributed by atoms with van der Waals surface area (Å²) < 4.78 is 7.17. The third-order valence-corrected chi connectivity index (χ3v) is 6.51. The minimum absolute atomic E-state index is 0.0241. The highest BCUT2D eigenvalue weighted by Gasteiger charge is 2.31. The van der Waals surface area contributed by atoms with Crippen molar-refractivity contribution in [2.45, 2.75) is 20.4 Å². The molecule has 0 bridgehead atoms. The summed E-state index contributed by atoms with van der Waals surface area (Å²) in [6.07, 6.45) is 0. The first-order chi connectivity index (χ1) is 16.4. The normalized spacial score (nSPS) is 15.2. The molecule has 1 amide bonds. The van der Waals surface area contributed by atoms with Crippen molar-refractivity contribution in [2.75, 3.05) is 49.6 Å². The molecule has 5 rings (SSSR count). The molecule has 2 aromatic heterocycles. The molecule has 1 fully saturated rings. The van der Waals surface area contributed by atoms with Gasteiger partial charge in [0.05, 0.1) is 17.7 Å². The number of para-hydroxylation sites is 1. The number of benzene rings is 1. The van der Waals surface area contributed by atoms with Crippen molar-refractivity contribution in [3.63, 3.8) is 0 Å². The SMILES string of the molecule is CCOC(=O)c1c2n(c3nc(N4CCN(C(C)=O)CC4)ccc3c1=O)-c1ccccc1CN2C. The van der Waals surface area contributed by atoms with Crippen molar-refractivity contribution in [3.05, 3.63) is 57.7 Å². The molecular formula is C25H27N5O4. The molecule has 0 radical (unpaired) electrons. The molecule has 0 atom stereocenters. The number of hydrogen-bond acceptors (Lipinski definition) is 7. The lowest BCUT2D eigenvalue weighted by Crippen LogP contribution is -2.48. The fourth-order valence-corrected chi connectivity index (χ4v) is 4.83. The molecule has 176 valence electrons. The topological polar surface area (TPSA) is 88.0 Å². The zero-order chi connectivity index (χ0) is 24.0. The Bertz CT molecular complexity index is 1360. The second kappa shape index (κ2) is 8.48. The average Bonchev–Trinajstić information content (AvgIpc) is 2.84. The van der Waals surface area contributed by atoms with Gasteiger partial charge in [-0.2, -0.15) is 0 Å². The molecule has 0 saturated carbocycles. The van der Waals surface area contributed by atoms with E-state index in [1.807, 2.05) is 51.7 Å². The maximum atomic E-state index is 13.5. The van der Waals surface area contributed by atoms with Gasteiger partial charge in [0, 0.05) is 46.7 Å². The fourth-order valence-electron chi connectivity index (χ4n) is 4.83. The number of pyridine rings is 2. The molecule has 0 aliphatic carbocycles. The molecular weight excluding hydrogens is 434 g/mol. The summed E-state index contributed by atoms with van der Waals surface area (Å²) in [4.78, 5) is 48.9. The van der Waals surface area contributed by atoms with E-state index in [0.29, 0.717) is 49.6 Å². The smallest absolute Gasteiger partial charge is 0.345 e. The van der Waals surface area contributed by atoms with Gasteiger partial charge in [0.2, 0.25) is 11.3 Å². The number of aromatic nitrogens is 2. The largest absolute Gasteiger partial charge is 0.462 e. The predicted octanol–water partition coefficient (Wildman–Crippen LogP) is 2.18. The third-order valence-electron chi connectivity index (χ3n) is 6.51. The van der Waals surface area contributed by atoms with Crippen LogP contribution in [0, 0.1) is 0 Å². The number of hydrogen-bond donors (Lipinski definition) is 0. The standard InChI is InChI=1S/C25H27N5O4/c1-4-34-25(33)21-22(32)18-9-10-20(29-13-11-28(12-14-29)16(2)31)26-23(18)30-19-8-6-5-7-17(19)15-27(3)24(21)30/h5-10H,4,11-15H2,1-3H3. The molecule has 4 heterocycles. The Morgan fingerprint density at radius 1 is 1.06 bits per heavy atom. The maximum absolute atomic E-state index is 13.5.